The molecule has 5 atom stereocenters. The molecule has 0 saturated carbocycles. The zero-order valence-corrected chi connectivity index (χ0v) is 29.7. The Hall–Kier alpha value is -4.59. The van der Waals surface area contributed by atoms with Crippen LogP contribution in [0.4, 0.5) is 20.3 Å². The Balaban J connectivity index is 1.17. The Bertz CT molecular complexity index is 1870. The number of halogens is 1. The molecular weight excluding hydrogens is 658 g/mol. The number of hydrogen-bond donors (Lipinski definition) is 1. The van der Waals surface area contributed by atoms with Gasteiger partial charge < -0.3 is 28.3 Å². The van der Waals surface area contributed by atoms with Crippen molar-refractivity contribution in [3.05, 3.63) is 101 Å². The van der Waals surface area contributed by atoms with Crippen LogP contribution in [0.3, 0.4) is 0 Å². The van der Waals surface area contributed by atoms with Gasteiger partial charge in [-0.05, 0) is 61.0 Å². The Morgan fingerprint density at radius 3 is 2.52 bits per heavy atom. The van der Waals surface area contributed by atoms with Crippen LogP contribution in [0.25, 0.3) is 0 Å². The monoisotopic (exact) mass is 699 g/mol. The molecule has 3 aliphatic heterocycles. The van der Waals surface area contributed by atoms with Crippen LogP contribution in [0, 0.1) is 5.92 Å². The summed E-state index contributed by atoms with van der Waals surface area (Å²) in [4.78, 5) is 30.2. The summed E-state index contributed by atoms with van der Waals surface area (Å²) in [6.07, 6.45) is 1.30. The average Bonchev–Trinajstić information content (AvgIpc) is 3.88. The molecule has 3 aromatic carbocycles. The molecule has 0 bridgehead atoms. The molecule has 7 rings (SSSR count). The standard InChI is InChI=1S/C37H42FN5O6Si/c1-24-34(50(3,4)38)33(16-17-41-22-31(39-40-41)29(23-44)26-8-6-5-7-9-26)49-37(24)30-20-28(47-2)14-15-32(30)43(35(37)45)21-25-10-12-27(13-11-25)42-18-19-48-36(42)46/h5-15,20,22,24,29,33-34,44H,16-19,21,23H2,1-4H3/t24-,29?,33+,34-,37+/m0/s1. The molecule has 262 valence electrons. The minimum absolute atomic E-state index is 0.114. The van der Waals surface area contributed by atoms with Gasteiger partial charge in [-0.15, -0.1) is 5.10 Å². The first-order valence-electron chi connectivity index (χ1n) is 17.0. The van der Waals surface area contributed by atoms with E-state index in [1.165, 1.54) is 0 Å². The van der Waals surface area contributed by atoms with Gasteiger partial charge in [-0.3, -0.25) is 14.4 Å². The van der Waals surface area contributed by atoms with Crippen molar-refractivity contribution in [1.82, 2.24) is 15.0 Å². The summed E-state index contributed by atoms with van der Waals surface area (Å²) in [5.41, 5.74) is 2.66. The second-order valence-corrected chi connectivity index (χ2v) is 17.6. The molecule has 1 spiro atoms. The van der Waals surface area contributed by atoms with Crippen molar-refractivity contribution in [2.45, 2.75) is 62.7 Å². The van der Waals surface area contributed by atoms with Crippen molar-refractivity contribution >= 4 is 31.8 Å². The molecule has 2 saturated heterocycles. The number of cyclic esters (lactones) is 1. The van der Waals surface area contributed by atoms with E-state index in [2.05, 4.69) is 10.3 Å². The van der Waals surface area contributed by atoms with E-state index in [4.69, 9.17) is 14.2 Å². The van der Waals surface area contributed by atoms with Gasteiger partial charge in [0.2, 0.25) is 8.41 Å². The third-order valence-corrected chi connectivity index (χ3v) is 12.9. The van der Waals surface area contributed by atoms with Crippen LogP contribution in [0.5, 0.6) is 5.75 Å². The fourth-order valence-electron chi connectivity index (χ4n) is 8.07. The van der Waals surface area contributed by atoms with E-state index in [1.54, 1.807) is 34.7 Å². The maximum atomic E-state index is 16.4. The van der Waals surface area contributed by atoms with Gasteiger partial charge in [-0.2, -0.15) is 0 Å². The number of carbonyl (C=O) groups excluding carboxylic acids is 2. The van der Waals surface area contributed by atoms with Crippen LogP contribution in [0.1, 0.15) is 41.6 Å². The quantitative estimate of drug-likeness (QED) is 0.155. The SMILES string of the molecule is COc1ccc2c(c1)[C@@]1(O[C@H](CCn3cc(C(CO)c4ccccc4)nn3)[C@@H]([Si](C)(C)F)[C@@H]1C)C(=O)N2Cc1ccc(N2CCOC2=O)cc1. The molecule has 1 N–H and O–H groups in total. The number of hydrogen-bond acceptors (Lipinski definition) is 8. The van der Waals surface area contributed by atoms with Gasteiger partial charge in [0.25, 0.3) is 5.91 Å². The highest BCUT2D eigenvalue weighted by Crippen LogP contribution is 2.60. The summed E-state index contributed by atoms with van der Waals surface area (Å²) in [5, 5.41) is 18.8. The maximum Gasteiger partial charge on any atom is 0.414 e. The van der Waals surface area contributed by atoms with E-state index in [0.717, 1.165) is 16.8 Å². The maximum absolute atomic E-state index is 16.4. The highest BCUT2D eigenvalue weighted by atomic mass is 28.4. The molecule has 0 aliphatic carbocycles. The van der Waals surface area contributed by atoms with Crippen molar-refractivity contribution in [2.24, 2.45) is 5.92 Å². The number of aliphatic hydroxyl groups excluding tert-OH is 1. The Morgan fingerprint density at radius 1 is 1.10 bits per heavy atom. The molecule has 0 radical (unpaired) electrons. The molecule has 1 aromatic heterocycles. The summed E-state index contributed by atoms with van der Waals surface area (Å²) in [6.45, 7) is 6.69. The van der Waals surface area contributed by atoms with Crippen LogP contribution in [-0.2, 0) is 33.0 Å². The third kappa shape index (κ3) is 5.86. The van der Waals surface area contributed by atoms with Crippen LogP contribution < -0.4 is 14.5 Å². The molecule has 2 fully saturated rings. The van der Waals surface area contributed by atoms with E-state index < -0.39 is 31.6 Å². The number of carbonyl (C=O) groups is 2. The van der Waals surface area contributed by atoms with Crippen molar-refractivity contribution in [2.75, 3.05) is 36.7 Å². The lowest BCUT2D eigenvalue weighted by Gasteiger charge is -2.31. The summed E-state index contributed by atoms with van der Waals surface area (Å²) in [6, 6.07) is 22.7. The number of aliphatic hydroxyl groups is 1. The van der Waals surface area contributed by atoms with Gasteiger partial charge in [0.15, 0.2) is 5.60 Å². The molecule has 50 heavy (non-hydrogen) atoms. The summed E-state index contributed by atoms with van der Waals surface area (Å²) in [5.74, 6) is -0.432. The van der Waals surface area contributed by atoms with Gasteiger partial charge in [-0.1, -0.05) is 54.6 Å². The van der Waals surface area contributed by atoms with Gasteiger partial charge >= 0.3 is 6.09 Å². The van der Waals surface area contributed by atoms with E-state index in [0.29, 0.717) is 48.8 Å². The van der Waals surface area contributed by atoms with Gasteiger partial charge in [0.1, 0.15) is 12.4 Å². The largest absolute Gasteiger partial charge is 0.497 e. The molecule has 2 amide bonds. The number of rotatable bonds is 11. The van der Waals surface area contributed by atoms with E-state index >= 15 is 4.11 Å². The zero-order valence-electron chi connectivity index (χ0n) is 28.7. The first kappa shape index (κ1) is 33.9. The number of amides is 2. The van der Waals surface area contributed by atoms with Crippen LogP contribution >= 0.6 is 0 Å². The van der Waals surface area contributed by atoms with Gasteiger partial charge in [-0.25, -0.2) is 4.79 Å². The molecule has 13 heteroatoms. The topological polar surface area (TPSA) is 119 Å². The first-order chi connectivity index (χ1) is 24.0. The minimum atomic E-state index is -3.39. The zero-order chi connectivity index (χ0) is 35.2. The first-order valence-corrected chi connectivity index (χ1v) is 20.0. The van der Waals surface area contributed by atoms with Gasteiger partial charge in [0.05, 0.1) is 50.2 Å². The van der Waals surface area contributed by atoms with Gasteiger partial charge in [0, 0.05) is 35.5 Å². The molecule has 3 aliphatic rings. The average molecular weight is 700 g/mol. The predicted octanol–water partition coefficient (Wildman–Crippen LogP) is 5.78. The number of anilines is 2. The van der Waals surface area contributed by atoms with Crippen LogP contribution in [0.15, 0.2) is 79.0 Å². The number of benzene rings is 3. The Morgan fingerprint density at radius 2 is 1.86 bits per heavy atom. The second-order valence-electron chi connectivity index (χ2n) is 13.8. The number of aryl methyl sites for hydroxylation is 1. The molecule has 4 aromatic rings. The normalized spacial score (nSPS) is 23.8. The number of methoxy groups -OCH3 is 1. The lowest BCUT2D eigenvalue weighted by Crippen LogP contribution is -2.45. The van der Waals surface area contributed by atoms with Crippen LogP contribution in [0.2, 0.25) is 18.6 Å². The smallest absolute Gasteiger partial charge is 0.414 e. The van der Waals surface area contributed by atoms with Crippen molar-refractivity contribution in [3.63, 3.8) is 0 Å². The van der Waals surface area contributed by atoms with E-state index in [1.807, 2.05) is 85.9 Å². The Labute approximate surface area is 291 Å². The van der Waals surface area contributed by atoms with Crippen molar-refractivity contribution in [1.29, 1.82) is 0 Å². The Kier molecular flexibility index (Phi) is 8.99. The number of aromatic nitrogens is 3. The molecule has 11 nitrogen and oxygen atoms in total. The summed E-state index contributed by atoms with van der Waals surface area (Å²) >= 11 is 0. The lowest BCUT2D eigenvalue weighted by atomic mass is 9.82. The second kappa shape index (κ2) is 13.3. The fourth-order valence-corrected chi connectivity index (χ4v) is 10.6. The van der Waals surface area contributed by atoms with Crippen LogP contribution in [-0.4, -0.2) is 73.5 Å². The number of fused-ring (bicyclic) bond motifs is 2. The van der Waals surface area contributed by atoms with Crippen molar-refractivity contribution < 1.29 is 33.0 Å². The summed E-state index contributed by atoms with van der Waals surface area (Å²) < 4.78 is 35.7. The molecule has 1 unspecified atom stereocenters. The number of ether oxygens (including phenoxy) is 3. The third-order valence-electron chi connectivity index (χ3n) is 10.5. The number of nitrogens with zero attached hydrogens (tertiary/aromatic N) is 5. The highest BCUT2D eigenvalue weighted by molar-refractivity contribution is 6.72. The van der Waals surface area contributed by atoms with Crippen molar-refractivity contribution in [3.8, 4) is 5.75 Å². The van der Waals surface area contributed by atoms with E-state index in [9.17, 15) is 14.7 Å². The highest BCUT2D eigenvalue weighted by Gasteiger charge is 2.66. The molecule has 4 heterocycles. The molecular formula is C37H42FN5O6Si. The summed E-state index contributed by atoms with van der Waals surface area (Å²) in [7, 11) is -1.81. The predicted molar refractivity (Wildman–Crippen MR) is 187 cm³/mol. The lowest BCUT2D eigenvalue weighted by molar-refractivity contribution is -0.146. The fraction of sp³-hybridized carbons (Fsp3) is 0.405. The van der Waals surface area contributed by atoms with E-state index in [-0.39, 0.29) is 31.1 Å². The minimum Gasteiger partial charge on any atom is -0.497 e.